The number of ketones is 1. The van der Waals surface area contributed by atoms with Gasteiger partial charge in [-0.15, -0.1) is 0 Å². The first-order valence-corrected chi connectivity index (χ1v) is 11.6. The zero-order valence-electron chi connectivity index (χ0n) is 18.9. The van der Waals surface area contributed by atoms with Crippen LogP contribution in [0.5, 0.6) is 0 Å². The number of piperidine rings is 1. The molecule has 1 N–H and O–H groups in total. The molecule has 0 atom stereocenters. The van der Waals surface area contributed by atoms with Crippen molar-refractivity contribution in [2.45, 2.75) is 31.3 Å². The first-order chi connectivity index (χ1) is 16.4. The van der Waals surface area contributed by atoms with Crippen molar-refractivity contribution in [3.8, 4) is 0 Å². The summed E-state index contributed by atoms with van der Waals surface area (Å²) >= 11 is 0. The lowest BCUT2D eigenvalue weighted by molar-refractivity contribution is -0.0143. The summed E-state index contributed by atoms with van der Waals surface area (Å²) in [7, 11) is 0. The van der Waals surface area contributed by atoms with Gasteiger partial charge in [-0.3, -0.25) is 4.79 Å². The van der Waals surface area contributed by atoms with E-state index in [0.29, 0.717) is 42.4 Å². The fourth-order valence-corrected chi connectivity index (χ4v) is 4.86. The maximum Gasteiger partial charge on any atom is 0.162 e. The van der Waals surface area contributed by atoms with Gasteiger partial charge in [0.2, 0.25) is 0 Å². The fourth-order valence-electron chi connectivity index (χ4n) is 4.86. The fraction of sp³-hybridized carbons (Fsp3) is 0.321. The number of benzene rings is 3. The lowest BCUT2D eigenvalue weighted by Crippen LogP contribution is -2.44. The molecule has 3 aromatic rings. The molecule has 0 radical (unpaired) electrons. The maximum absolute atomic E-state index is 13.5. The second-order valence-electron chi connectivity index (χ2n) is 8.93. The van der Waals surface area contributed by atoms with E-state index in [-0.39, 0.29) is 29.2 Å². The van der Waals surface area contributed by atoms with E-state index in [1.807, 2.05) is 0 Å². The number of carbonyl (C=O) groups excluding carboxylic acids is 1. The van der Waals surface area contributed by atoms with Gasteiger partial charge in [-0.2, -0.15) is 0 Å². The Bertz CT molecular complexity index is 1040. The molecule has 34 heavy (non-hydrogen) atoms. The topological polar surface area (TPSA) is 40.5 Å². The van der Waals surface area contributed by atoms with Gasteiger partial charge in [-0.05, 0) is 104 Å². The van der Waals surface area contributed by atoms with Gasteiger partial charge in [0.15, 0.2) is 5.78 Å². The van der Waals surface area contributed by atoms with Crippen LogP contribution in [-0.4, -0.2) is 35.4 Å². The van der Waals surface area contributed by atoms with Crippen molar-refractivity contribution in [1.29, 1.82) is 0 Å². The van der Waals surface area contributed by atoms with Crippen molar-refractivity contribution in [2.75, 3.05) is 19.6 Å². The number of halogens is 3. The van der Waals surface area contributed by atoms with Crippen LogP contribution in [0.1, 0.15) is 47.2 Å². The first-order valence-electron chi connectivity index (χ1n) is 11.6. The molecule has 3 nitrogen and oxygen atoms in total. The zero-order valence-corrected chi connectivity index (χ0v) is 18.9. The standard InChI is InChI=1S/C28H28F3NO2/c29-24-9-3-20(4-10-24)27(33)2-1-17-32-18-15-23(16-19-32)28(34,21-5-11-25(30)12-6-21)22-7-13-26(31)14-8-22/h3-14,23,34H,1-2,15-19H2. The van der Waals surface area contributed by atoms with E-state index in [1.165, 1.54) is 48.5 Å². The Morgan fingerprint density at radius 2 is 1.24 bits per heavy atom. The van der Waals surface area contributed by atoms with Crippen LogP contribution in [0.4, 0.5) is 13.2 Å². The van der Waals surface area contributed by atoms with Crippen molar-refractivity contribution < 1.29 is 23.1 Å². The van der Waals surface area contributed by atoms with E-state index in [9.17, 15) is 23.1 Å². The van der Waals surface area contributed by atoms with Gasteiger partial charge in [-0.1, -0.05) is 24.3 Å². The van der Waals surface area contributed by atoms with Gasteiger partial charge in [0.05, 0.1) is 0 Å². The number of Topliss-reactive ketones (excluding diaryl/α,β-unsaturated/α-hetero) is 1. The number of hydrogen-bond acceptors (Lipinski definition) is 3. The van der Waals surface area contributed by atoms with E-state index in [4.69, 9.17) is 0 Å². The Morgan fingerprint density at radius 3 is 1.71 bits per heavy atom. The molecule has 0 amide bonds. The average molecular weight is 468 g/mol. The molecule has 0 unspecified atom stereocenters. The highest BCUT2D eigenvalue weighted by atomic mass is 19.1. The van der Waals surface area contributed by atoms with Crippen LogP contribution in [0.2, 0.25) is 0 Å². The van der Waals surface area contributed by atoms with Crippen LogP contribution < -0.4 is 0 Å². The number of nitrogens with zero attached hydrogens (tertiary/aromatic N) is 1. The van der Waals surface area contributed by atoms with Crippen molar-refractivity contribution >= 4 is 5.78 Å². The first kappa shape index (κ1) is 24.2. The second kappa shape index (κ2) is 10.5. The van der Waals surface area contributed by atoms with Crippen LogP contribution in [0.25, 0.3) is 0 Å². The van der Waals surface area contributed by atoms with Crippen LogP contribution in [0.15, 0.2) is 72.8 Å². The van der Waals surface area contributed by atoms with Gasteiger partial charge < -0.3 is 10.0 Å². The molecule has 6 heteroatoms. The van der Waals surface area contributed by atoms with Gasteiger partial charge >= 0.3 is 0 Å². The normalized spacial score (nSPS) is 15.4. The maximum atomic E-state index is 13.5. The molecular formula is C28H28F3NO2. The van der Waals surface area contributed by atoms with Crippen molar-refractivity contribution in [3.05, 3.63) is 107 Å². The predicted molar refractivity (Wildman–Crippen MR) is 125 cm³/mol. The average Bonchev–Trinajstić information content (AvgIpc) is 2.85. The molecule has 1 aliphatic rings. The summed E-state index contributed by atoms with van der Waals surface area (Å²) in [6.07, 6.45) is 2.50. The predicted octanol–water partition coefficient (Wildman–Crippen LogP) is 5.71. The smallest absolute Gasteiger partial charge is 0.162 e. The van der Waals surface area contributed by atoms with Gasteiger partial charge in [0.1, 0.15) is 23.1 Å². The lowest BCUT2D eigenvalue weighted by atomic mass is 9.72. The third kappa shape index (κ3) is 5.40. The molecule has 0 saturated carbocycles. The summed E-state index contributed by atoms with van der Waals surface area (Å²) in [5.41, 5.74) is 0.336. The summed E-state index contributed by atoms with van der Waals surface area (Å²) < 4.78 is 40.1. The third-order valence-electron chi connectivity index (χ3n) is 6.79. The summed E-state index contributed by atoms with van der Waals surface area (Å²) in [6.45, 7) is 2.26. The van der Waals surface area contributed by atoms with E-state index in [0.717, 1.165) is 19.6 Å². The van der Waals surface area contributed by atoms with Crippen LogP contribution in [-0.2, 0) is 5.60 Å². The Hall–Kier alpha value is -2.96. The minimum atomic E-state index is -1.36. The van der Waals surface area contributed by atoms with E-state index >= 15 is 0 Å². The molecular weight excluding hydrogens is 439 g/mol. The number of hydrogen-bond donors (Lipinski definition) is 1. The van der Waals surface area contributed by atoms with Crippen LogP contribution >= 0.6 is 0 Å². The molecule has 1 heterocycles. The molecule has 0 aromatic heterocycles. The quantitative estimate of drug-likeness (QED) is 0.431. The lowest BCUT2D eigenvalue weighted by Gasteiger charge is -2.42. The SMILES string of the molecule is O=C(CCCN1CCC(C(O)(c2ccc(F)cc2)c2ccc(F)cc2)CC1)c1ccc(F)cc1. The highest BCUT2D eigenvalue weighted by Crippen LogP contribution is 2.42. The van der Waals surface area contributed by atoms with Crippen molar-refractivity contribution in [2.24, 2.45) is 5.92 Å². The second-order valence-corrected chi connectivity index (χ2v) is 8.93. The number of rotatable bonds is 8. The number of aliphatic hydroxyl groups is 1. The molecule has 0 spiro atoms. The Morgan fingerprint density at radius 1 is 0.794 bits per heavy atom. The summed E-state index contributed by atoms with van der Waals surface area (Å²) in [5, 5.41) is 11.9. The van der Waals surface area contributed by atoms with E-state index in [2.05, 4.69) is 4.90 Å². The van der Waals surface area contributed by atoms with Crippen LogP contribution in [0.3, 0.4) is 0 Å². The molecule has 3 aromatic carbocycles. The molecule has 0 aliphatic carbocycles. The molecule has 1 saturated heterocycles. The Balaban J connectivity index is 1.39. The van der Waals surface area contributed by atoms with Gasteiger partial charge in [0.25, 0.3) is 0 Å². The summed E-state index contributed by atoms with van der Waals surface area (Å²) in [5.74, 6) is -1.25. The van der Waals surface area contributed by atoms with Crippen molar-refractivity contribution in [1.82, 2.24) is 4.90 Å². The Labute approximate surface area is 197 Å². The molecule has 4 rings (SSSR count). The molecule has 0 bridgehead atoms. The zero-order chi connectivity index (χ0) is 24.1. The van der Waals surface area contributed by atoms with Crippen LogP contribution in [0, 0.1) is 23.4 Å². The van der Waals surface area contributed by atoms with E-state index in [1.54, 1.807) is 24.3 Å². The van der Waals surface area contributed by atoms with Gasteiger partial charge in [-0.25, -0.2) is 13.2 Å². The Kier molecular flexibility index (Phi) is 7.49. The molecule has 1 fully saturated rings. The molecule has 178 valence electrons. The number of carbonyl (C=O) groups is 1. The minimum Gasteiger partial charge on any atom is -0.380 e. The third-order valence-corrected chi connectivity index (χ3v) is 6.79. The van der Waals surface area contributed by atoms with Gasteiger partial charge in [0, 0.05) is 12.0 Å². The summed E-state index contributed by atoms with van der Waals surface area (Å²) in [6, 6.07) is 17.3. The number of likely N-dealkylation sites (tertiary alicyclic amines) is 1. The monoisotopic (exact) mass is 467 g/mol. The summed E-state index contributed by atoms with van der Waals surface area (Å²) in [4.78, 5) is 14.6. The highest BCUT2D eigenvalue weighted by Gasteiger charge is 2.41. The molecule has 1 aliphatic heterocycles. The largest absolute Gasteiger partial charge is 0.380 e. The van der Waals surface area contributed by atoms with Crippen molar-refractivity contribution in [3.63, 3.8) is 0 Å². The highest BCUT2D eigenvalue weighted by molar-refractivity contribution is 5.95. The minimum absolute atomic E-state index is 0.00289. The van der Waals surface area contributed by atoms with E-state index < -0.39 is 5.60 Å².